The Morgan fingerprint density at radius 3 is 2.71 bits per heavy atom. The predicted molar refractivity (Wildman–Crippen MR) is 54.5 cm³/mol. The lowest BCUT2D eigenvalue weighted by Gasteiger charge is -2.07. The Bertz CT molecular complexity index is 387. The fourth-order valence-corrected chi connectivity index (χ4v) is 1.77. The van der Waals surface area contributed by atoms with Gasteiger partial charge in [0.1, 0.15) is 6.07 Å². The second kappa shape index (κ2) is 4.61. The van der Waals surface area contributed by atoms with Crippen LogP contribution in [0.2, 0.25) is 0 Å². The number of rotatable bonds is 2. The number of hydrogen-bond donors (Lipinski definition) is 1. The molecule has 0 fully saturated rings. The van der Waals surface area contributed by atoms with Crippen LogP contribution in [-0.4, -0.2) is 4.98 Å². The standard InChI is InChI=1S/C8H6F2IN3/c9-8(10)5-3-14-6(2-13)4(1-12)7(5)11/h3,8H,2,13H2. The molecule has 0 atom stereocenters. The van der Waals surface area contributed by atoms with Crippen molar-refractivity contribution in [3.63, 3.8) is 0 Å². The van der Waals surface area contributed by atoms with E-state index in [4.69, 9.17) is 11.0 Å². The first kappa shape index (κ1) is 11.3. The summed E-state index contributed by atoms with van der Waals surface area (Å²) < 4.78 is 25.0. The molecule has 0 aliphatic carbocycles. The van der Waals surface area contributed by atoms with E-state index in [0.29, 0.717) is 5.69 Å². The third-order valence-corrected chi connectivity index (χ3v) is 2.82. The minimum absolute atomic E-state index is 0.0718. The molecule has 14 heavy (non-hydrogen) atoms. The molecule has 0 radical (unpaired) electrons. The van der Waals surface area contributed by atoms with Gasteiger partial charge in [0.15, 0.2) is 0 Å². The first-order valence-corrected chi connectivity index (χ1v) is 4.75. The Labute approximate surface area is 93.1 Å². The van der Waals surface area contributed by atoms with Gasteiger partial charge in [0.2, 0.25) is 0 Å². The van der Waals surface area contributed by atoms with E-state index in [1.165, 1.54) is 0 Å². The van der Waals surface area contributed by atoms with Crippen molar-refractivity contribution in [3.8, 4) is 6.07 Å². The van der Waals surface area contributed by atoms with E-state index < -0.39 is 6.43 Å². The monoisotopic (exact) mass is 309 g/mol. The Balaban J connectivity index is 3.37. The molecule has 74 valence electrons. The normalized spacial score (nSPS) is 10.3. The molecule has 1 aromatic heterocycles. The number of nitriles is 1. The summed E-state index contributed by atoms with van der Waals surface area (Å²) in [7, 11) is 0. The molecule has 1 heterocycles. The van der Waals surface area contributed by atoms with Gasteiger partial charge in [0.05, 0.1) is 16.8 Å². The zero-order chi connectivity index (χ0) is 10.7. The molecule has 2 N–H and O–H groups in total. The SMILES string of the molecule is N#Cc1c(CN)ncc(C(F)F)c1I. The molecule has 0 amide bonds. The van der Waals surface area contributed by atoms with E-state index >= 15 is 0 Å². The van der Waals surface area contributed by atoms with Crippen molar-refractivity contribution in [1.29, 1.82) is 5.26 Å². The minimum atomic E-state index is -2.62. The van der Waals surface area contributed by atoms with Gasteiger partial charge in [-0.25, -0.2) is 8.78 Å². The quantitative estimate of drug-likeness (QED) is 0.849. The van der Waals surface area contributed by atoms with Crippen molar-refractivity contribution in [2.45, 2.75) is 13.0 Å². The van der Waals surface area contributed by atoms with Crippen molar-refractivity contribution >= 4 is 22.6 Å². The van der Waals surface area contributed by atoms with E-state index in [1.807, 2.05) is 6.07 Å². The lowest BCUT2D eigenvalue weighted by molar-refractivity contribution is 0.150. The molecule has 3 nitrogen and oxygen atoms in total. The molecule has 0 spiro atoms. The summed E-state index contributed by atoms with van der Waals surface area (Å²) in [5.41, 5.74) is 5.59. The first-order valence-electron chi connectivity index (χ1n) is 3.67. The fourth-order valence-electron chi connectivity index (χ4n) is 0.960. The highest BCUT2D eigenvalue weighted by Gasteiger charge is 2.17. The lowest BCUT2D eigenvalue weighted by Crippen LogP contribution is -2.06. The summed E-state index contributed by atoms with van der Waals surface area (Å²) in [6.07, 6.45) is -1.55. The Hall–Kier alpha value is -0.810. The van der Waals surface area contributed by atoms with Crippen molar-refractivity contribution < 1.29 is 8.78 Å². The van der Waals surface area contributed by atoms with Crippen LogP contribution in [0.5, 0.6) is 0 Å². The summed E-state index contributed by atoms with van der Waals surface area (Å²) in [4.78, 5) is 3.72. The number of nitrogens with zero attached hydrogens (tertiary/aromatic N) is 2. The number of halogens is 3. The number of alkyl halides is 2. The van der Waals surface area contributed by atoms with E-state index in [-0.39, 0.29) is 21.2 Å². The molecule has 0 saturated heterocycles. The summed E-state index contributed by atoms with van der Waals surface area (Å²) in [5, 5.41) is 8.74. The summed E-state index contributed by atoms with van der Waals surface area (Å²) in [6.45, 7) is 0.0718. The summed E-state index contributed by atoms with van der Waals surface area (Å²) in [5.74, 6) is 0. The summed E-state index contributed by atoms with van der Waals surface area (Å²) in [6, 6.07) is 1.83. The number of nitrogens with two attached hydrogens (primary N) is 1. The van der Waals surface area contributed by atoms with E-state index in [2.05, 4.69) is 4.98 Å². The second-order valence-electron chi connectivity index (χ2n) is 2.47. The molecule has 0 saturated carbocycles. The Kier molecular flexibility index (Phi) is 3.71. The molecule has 1 aromatic rings. The smallest absolute Gasteiger partial charge is 0.266 e. The highest BCUT2D eigenvalue weighted by Crippen LogP contribution is 2.27. The Morgan fingerprint density at radius 1 is 1.64 bits per heavy atom. The third kappa shape index (κ3) is 1.99. The third-order valence-electron chi connectivity index (χ3n) is 1.66. The van der Waals surface area contributed by atoms with Crippen molar-refractivity contribution in [2.75, 3.05) is 0 Å². The van der Waals surface area contributed by atoms with Crippen LogP contribution in [-0.2, 0) is 6.54 Å². The molecule has 0 aromatic carbocycles. The van der Waals surface area contributed by atoms with Gasteiger partial charge < -0.3 is 5.73 Å². The summed E-state index contributed by atoms with van der Waals surface area (Å²) >= 11 is 1.71. The van der Waals surface area contributed by atoms with Crippen LogP contribution in [0.1, 0.15) is 23.2 Å². The van der Waals surface area contributed by atoms with Gasteiger partial charge in [0.25, 0.3) is 6.43 Å². The molecule has 0 bridgehead atoms. The average Bonchev–Trinajstić information content (AvgIpc) is 2.16. The van der Waals surface area contributed by atoms with Gasteiger partial charge in [-0.3, -0.25) is 4.98 Å². The van der Waals surface area contributed by atoms with Crippen LogP contribution < -0.4 is 5.73 Å². The maximum absolute atomic E-state index is 12.4. The van der Waals surface area contributed by atoms with Gasteiger partial charge in [-0.1, -0.05) is 0 Å². The van der Waals surface area contributed by atoms with Gasteiger partial charge in [-0.15, -0.1) is 0 Å². The average molecular weight is 309 g/mol. The van der Waals surface area contributed by atoms with E-state index in [1.54, 1.807) is 22.6 Å². The van der Waals surface area contributed by atoms with Crippen molar-refractivity contribution in [1.82, 2.24) is 4.98 Å². The highest BCUT2D eigenvalue weighted by molar-refractivity contribution is 14.1. The van der Waals surface area contributed by atoms with Crippen LogP contribution in [0.15, 0.2) is 6.20 Å². The zero-order valence-electron chi connectivity index (χ0n) is 6.97. The van der Waals surface area contributed by atoms with Crippen LogP contribution >= 0.6 is 22.6 Å². The van der Waals surface area contributed by atoms with Crippen molar-refractivity contribution in [2.24, 2.45) is 5.73 Å². The zero-order valence-corrected chi connectivity index (χ0v) is 9.12. The topological polar surface area (TPSA) is 62.7 Å². The Morgan fingerprint density at radius 2 is 2.29 bits per heavy atom. The maximum Gasteiger partial charge on any atom is 0.266 e. The van der Waals surface area contributed by atoms with Gasteiger partial charge >= 0.3 is 0 Å². The van der Waals surface area contributed by atoms with Crippen molar-refractivity contribution in [3.05, 3.63) is 26.6 Å². The second-order valence-corrected chi connectivity index (χ2v) is 3.54. The molecular formula is C8H6F2IN3. The van der Waals surface area contributed by atoms with Gasteiger partial charge in [0, 0.05) is 16.3 Å². The van der Waals surface area contributed by atoms with Crippen LogP contribution in [0.3, 0.4) is 0 Å². The molecule has 0 aliphatic rings. The fraction of sp³-hybridized carbons (Fsp3) is 0.250. The molecule has 1 rings (SSSR count). The molecule has 6 heteroatoms. The van der Waals surface area contributed by atoms with Gasteiger partial charge in [-0.2, -0.15) is 5.26 Å². The predicted octanol–water partition coefficient (Wildman–Crippen LogP) is 1.95. The highest BCUT2D eigenvalue weighted by atomic mass is 127. The molecule has 0 aliphatic heterocycles. The number of pyridine rings is 1. The maximum atomic E-state index is 12.4. The van der Waals surface area contributed by atoms with E-state index in [9.17, 15) is 8.78 Å². The number of aromatic nitrogens is 1. The lowest BCUT2D eigenvalue weighted by atomic mass is 10.1. The van der Waals surface area contributed by atoms with Gasteiger partial charge in [-0.05, 0) is 22.6 Å². The van der Waals surface area contributed by atoms with E-state index in [0.717, 1.165) is 6.20 Å². The molecule has 0 unspecified atom stereocenters. The van der Waals surface area contributed by atoms with Crippen LogP contribution in [0, 0.1) is 14.9 Å². The first-order chi connectivity index (χ1) is 6.61. The largest absolute Gasteiger partial charge is 0.325 e. The number of hydrogen-bond acceptors (Lipinski definition) is 3. The minimum Gasteiger partial charge on any atom is -0.325 e. The van der Waals surface area contributed by atoms with Crippen LogP contribution in [0.4, 0.5) is 8.78 Å². The molecular weight excluding hydrogens is 303 g/mol. The van der Waals surface area contributed by atoms with Crippen LogP contribution in [0.25, 0.3) is 0 Å².